The summed E-state index contributed by atoms with van der Waals surface area (Å²) in [5.74, 6) is 1.76. The van der Waals surface area contributed by atoms with Crippen LogP contribution in [-0.4, -0.2) is 36.0 Å². The molecule has 0 aliphatic carbocycles. The molecule has 1 aromatic heterocycles. The summed E-state index contributed by atoms with van der Waals surface area (Å²) in [4.78, 5) is 11.4. The van der Waals surface area contributed by atoms with E-state index >= 15 is 0 Å². The van der Waals surface area contributed by atoms with Gasteiger partial charge in [0.2, 0.25) is 0 Å². The summed E-state index contributed by atoms with van der Waals surface area (Å²) in [6.45, 7) is 4.88. The second-order valence-corrected chi connectivity index (χ2v) is 6.79. The lowest BCUT2D eigenvalue weighted by atomic mass is 9.90. The number of hydrogen-bond donors (Lipinski definition) is 1. The SMILES string of the molecule is CN=C(NCc1cccc(C)n1)N1CCC(Cc2ccccc2)CC1. The molecular formula is C21H28N4. The van der Waals surface area contributed by atoms with Crippen molar-refractivity contribution >= 4 is 5.96 Å². The first kappa shape index (κ1) is 17.5. The molecule has 4 nitrogen and oxygen atoms in total. The van der Waals surface area contributed by atoms with E-state index in [4.69, 9.17) is 0 Å². The number of benzene rings is 1. The van der Waals surface area contributed by atoms with E-state index in [0.717, 1.165) is 42.9 Å². The van der Waals surface area contributed by atoms with Gasteiger partial charge in [0, 0.05) is 25.8 Å². The van der Waals surface area contributed by atoms with Crippen molar-refractivity contribution in [3.05, 3.63) is 65.5 Å². The second-order valence-electron chi connectivity index (χ2n) is 6.79. The zero-order valence-corrected chi connectivity index (χ0v) is 15.3. The maximum absolute atomic E-state index is 4.55. The Hall–Kier alpha value is -2.36. The average Bonchev–Trinajstić information content (AvgIpc) is 2.64. The van der Waals surface area contributed by atoms with Gasteiger partial charge in [-0.1, -0.05) is 36.4 Å². The van der Waals surface area contributed by atoms with Crippen LogP contribution >= 0.6 is 0 Å². The Morgan fingerprint density at radius 2 is 1.88 bits per heavy atom. The summed E-state index contributed by atoms with van der Waals surface area (Å²) in [6.07, 6.45) is 3.63. The molecule has 0 amide bonds. The maximum Gasteiger partial charge on any atom is 0.193 e. The van der Waals surface area contributed by atoms with Gasteiger partial charge in [0.05, 0.1) is 12.2 Å². The smallest absolute Gasteiger partial charge is 0.193 e. The van der Waals surface area contributed by atoms with Crippen LogP contribution in [0, 0.1) is 12.8 Å². The van der Waals surface area contributed by atoms with E-state index in [-0.39, 0.29) is 0 Å². The Kier molecular flexibility index (Phi) is 6.04. The van der Waals surface area contributed by atoms with Gasteiger partial charge in [-0.2, -0.15) is 0 Å². The van der Waals surface area contributed by atoms with Gasteiger partial charge in [-0.05, 0) is 49.8 Å². The van der Waals surface area contributed by atoms with E-state index in [0.29, 0.717) is 0 Å². The Morgan fingerprint density at radius 1 is 1.12 bits per heavy atom. The van der Waals surface area contributed by atoms with E-state index < -0.39 is 0 Å². The number of aliphatic imine (C=N–C) groups is 1. The number of pyridine rings is 1. The van der Waals surface area contributed by atoms with Crippen molar-refractivity contribution in [2.75, 3.05) is 20.1 Å². The van der Waals surface area contributed by atoms with Gasteiger partial charge in [-0.3, -0.25) is 9.98 Å². The lowest BCUT2D eigenvalue weighted by Crippen LogP contribution is -2.45. The molecule has 0 unspecified atom stereocenters. The van der Waals surface area contributed by atoms with Crippen molar-refractivity contribution in [2.45, 2.75) is 32.7 Å². The van der Waals surface area contributed by atoms with Crippen molar-refractivity contribution in [3.8, 4) is 0 Å². The summed E-state index contributed by atoms with van der Waals surface area (Å²) in [7, 11) is 1.86. The molecule has 1 aliphatic rings. The minimum Gasteiger partial charge on any atom is -0.351 e. The summed E-state index contributed by atoms with van der Waals surface area (Å²) in [5.41, 5.74) is 3.56. The Morgan fingerprint density at radius 3 is 2.56 bits per heavy atom. The van der Waals surface area contributed by atoms with Crippen molar-refractivity contribution in [1.82, 2.24) is 15.2 Å². The number of rotatable bonds is 4. The number of piperidine rings is 1. The molecule has 2 aromatic rings. The van der Waals surface area contributed by atoms with Gasteiger partial charge >= 0.3 is 0 Å². The largest absolute Gasteiger partial charge is 0.351 e. The van der Waals surface area contributed by atoms with Gasteiger partial charge in [-0.15, -0.1) is 0 Å². The third-order valence-corrected chi connectivity index (χ3v) is 4.87. The van der Waals surface area contributed by atoms with E-state index in [1.807, 2.05) is 20.0 Å². The molecular weight excluding hydrogens is 308 g/mol. The first-order valence-electron chi connectivity index (χ1n) is 9.16. The second kappa shape index (κ2) is 8.65. The quantitative estimate of drug-likeness (QED) is 0.687. The van der Waals surface area contributed by atoms with Crippen LogP contribution in [0.15, 0.2) is 53.5 Å². The van der Waals surface area contributed by atoms with Crippen molar-refractivity contribution in [2.24, 2.45) is 10.9 Å². The fourth-order valence-electron chi connectivity index (χ4n) is 3.50. The molecule has 0 bridgehead atoms. The highest BCUT2D eigenvalue weighted by atomic mass is 15.3. The van der Waals surface area contributed by atoms with E-state index in [9.17, 15) is 0 Å². The minimum absolute atomic E-state index is 0.721. The fraction of sp³-hybridized carbons (Fsp3) is 0.429. The first-order chi connectivity index (χ1) is 12.2. The van der Waals surface area contributed by atoms with Crippen LogP contribution in [0.2, 0.25) is 0 Å². The molecule has 1 saturated heterocycles. The van der Waals surface area contributed by atoms with E-state index in [2.05, 4.69) is 62.7 Å². The third kappa shape index (κ3) is 5.05. The van der Waals surface area contributed by atoms with Crippen LogP contribution < -0.4 is 5.32 Å². The van der Waals surface area contributed by atoms with Gasteiger partial charge in [0.25, 0.3) is 0 Å². The van der Waals surface area contributed by atoms with Crippen LogP contribution in [-0.2, 0) is 13.0 Å². The highest BCUT2D eigenvalue weighted by Crippen LogP contribution is 2.21. The molecule has 0 radical (unpaired) electrons. The van der Waals surface area contributed by atoms with Gasteiger partial charge < -0.3 is 10.2 Å². The predicted molar refractivity (Wildman–Crippen MR) is 104 cm³/mol. The molecule has 0 saturated carbocycles. The number of nitrogens with zero attached hydrogens (tertiary/aromatic N) is 3. The summed E-state index contributed by atoms with van der Waals surface area (Å²) in [5, 5.41) is 3.46. The highest BCUT2D eigenvalue weighted by Gasteiger charge is 2.21. The van der Waals surface area contributed by atoms with Gasteiger partial charge in [0.1, 0.15) is 0 Å². The third-order valence-electron chi connectivity index (χ3n) is 4.87. The van der Waals surface area contributed by atoms with Crippen LogP contribution in [0.25, 0.3) is 0 Å². The average molecular weight is 336 g/mol. The van der Waals surface area contributed by atoms with Crippen LogP contribution in [0.5, 0.6) is 0 Å². The molecule has 1 N–H and O–H groups in total. The van der Waals surface area contributed by atoms with E-state index in [1.54, 1.807) is 0 Å². The van der Waals surface area contributed by atoms with Crippen molar-refractivity contribution < 1.29 is 0 Å². The van der Waals surface area contributed by atoms with Crippen LogP contribution in [0.3, 0.4) is 0 Å². The minimum atomic E-state index is 0.721. The molecule has 25 heavy (non-hydrogen) atoms. The molecule has 2 heterocycles. The summed E-state index contributed by atoms with van der Waals surface area (Å²) in [6, 6.07) is 17.0. The molecule has 1 aromatic carbocycles. The highest BCUT2D eigenvalue weighted by molar-refractivity contribution is 5.79. The zero-order valence-electron chi connectivity index (χ0n) is 15.3. The molecule has 1 aliphatic heterocycles. The van der Waals surface area contributed by atoms with Gasteiger partial charge in [-0.25, -0.2) is 0 Å². The van der Waals surface area contributed by atoms with Crippen LogP contribution in [0.1, 0.15) is 29.8 Å². The van der Waals surface area contributed by atoms with E-state index in [1.165, 1.54) is 24.8 Å². The molecule has 0 atom stereocenters. The lowest BCUT2D eigenvalue weighted by molar-refractivity contribution is 0.259. The zero-order chi connectivity index (χ0) is 17.5. The normalized spacial score (nSPS) is 16.1. The lowest BCUT2D eigenvalue weighted by Gasteiger charge is -2.34. The Bertz CT molecular complexity index is 688. The van der Waals surface area contributed by atoms with Crippen LogP contribution in [0.4, 0.5) is 0 Å². The standard InChI is InChI=1S/C21H28N4/c1-17-7-6-10-20(24-17)16-23-21(22-2)25-13-11-19(12-14-25)15-18-8-4-3-5-9-18/h3-10,19H,11-16H2,1-2H3,(H,22,23). The molecule has 132 valence electrons. The Labute approximate surface area is 151 Å². The Balaban J connectivity index is 1.49. The monoisotopic (exact) mass is 336 g/mol. The number of hydrogen-bond acceptors (Lipinski definition) is 2. The number of aryl methyl sites for hydroxylation is 1. The summed E-state index contributed by atoms with van der Waals surface area (Å²) < 4.78 is 0. The molecule has 1 fully saturated rings. The molecule has 0 spiro atoms. The number of guanidine groups is 1. The number of aromatic nitrogens is 1. The van der Waals surface area contributed by atoms with Crippen molar-refractivity contribution in [1.29, 1.82) is 0 Å². The maximum atomic E-state index is 4.55. The fourth-order valence-corrected chi connectivity index (χ4v) is 3.50. The first-order valence-corrected chi connectivity index (χ1v) is 9.16. The number of nitrogens with one attached hydrogen (secondary N) is 1. The summed E-state index contributed by atoms with van der Waals surface area (Å²) >= 11 is 0. The predicted octanol–water partition coefficient (Wildman–Crippen LogP) is 3.42. The topological polar surface area (TPSA) is 40.5 Å². The number of likely N-dealkylation sites (tertiary alicyclic amines) is 1. The van der Waals surface area contributed by atoms with Gasteiger partial charge in [0.15, 0.2) is 5.96 Å². The molecule has 3 rings (SSSR count). The molecule has 4 heteroatoms. The van der Waals surface area contributed by atoms with Crippen molar-refractivity contribution in [3.63, 3.8) is 0 Å².